The summed E-state index contributed by atoms with van der Waals surface area (Å²) in [5.74, 6) is 0. The highest BCUT2D eigenvalue weighted by Crippen LogP contribution is 2.47. The van der Waals surface area contributed by atoms with Gasteiger partial charge in [-0.1, -0.05) is 146 Å². The van der Waals surface area contributed by atoms with Gasteiger partial charge in [0.15, 0.2) is 5.58 Å². The van der Waals surface area contributed by atoms with E-state index >= 15 is 0 Å². The lowest BCUT2D eigenvalue weighted by molar-refractivity contribution is 0.670. The second kappa shape index (κ2) is 12.6. The molecular weight excluding hydrogens is 669 g/mol. The van der Waals surface area contributed by atoms with Crippen molar-refractivity contribution >= 4 is 71.6 Å². The number of furan rings is 1. The Morgan fingerprint density at radius 1 is 0.382 bits per heavy atom. The highest BCUT2D eigenvalue weighted by Gasteiger charge is 2.23. The number of rotatable bonds is 6. The summed E-state index contributed by atoms with van der Waals surface area (Å²) < 4.78 is 9.49. The van der Waals surface area contributed by atoms with Gasteiger partial charge in [-0.3, -0.25) is 0 Å². The molecule has 3 nitrogen and oxygen atoms in total. The normalized spacial score (nSPS) is 11.6. The van der Waals surface area contributed by atoms with Crippen LogP contribution in [0.1, 0.15) is 0 Å². The zero-order valence-electron chi connectivity index (χ0n) is 29.9. The Balaban J connectivity index is 1.13. The predicted molar refractivity (Wildman–Crippen MR) is 231 cm³/mol. The number of anilines is 3. The van der Waals surface area contributed by atoms with E-state index < -0.39 is 0 Å². The third-order valence-electron chi connectivity index (χ3n) is 11.0. The lowest BCUT2D eigenvalue weighted by Gasteiger charge is -2.26. The Morgan fingerprint density at radius 2 is 0.909 bits per heavy atom. The van der Waals surface area contributed by atoms with Crippen LogP contribution in [-0.2, 0) is 0 Å². The second-order valence-corrected chi connectivity index (χ2v) is 14.1. The van der Waals surface area contributed by atoms with E-state index in [4.69, 9.17) is 4.42 Å². The van der Waals surface area contributed by atoms with Gasteiger partial charge in [-0.05, 0) is 88.1 Å². The summed E-state index contributed by atoms with van der Waals surface area (Å²) in [6, 6.07) is 73.7. The number of benzene rings is 9. The third kappa shape index (κ3) is 5.05. The maximum Gasteiger partial charge on any atom is 0.159 e. The van der Waals surface area contributed by atoms with Crippen molar-refractivity contribution in [3.05, 3.63) is 206 Å². The van der Waals surface area contributed by atoms with Gasteiger partial charge in [0.25, 0.3) is 0 Å². The molecule has 3 heteroatoms. The monoisotopic (exact) mass is 702 g/mol. The molecule has 0 N–H and O–H groups in total. The topological polar surface area (TPSA) is 21.3 Å². The van der Waals surface area contributed by atoms with Crippen LogP contribution in [0.5, 0.6) is 0 Å². The van der Waals surface area contributed by atoms with E-state index in [1.54, 1.807) is 0 Å². The average Bonchev–Trinajstić information content (AvgIpc) is 3.82. The number of aromatic nitrogens is 1. The van der Waals surface area contributed by atoms with E-state index in [0.29, 0.717) is 0 Å². The number of nitrogens with zero attached hydrogens (tertiary/aromatic N) is 2. The Hall–Kier alpha value is -7.36. The van der Waals surface area contributed by atoms with Gasteiger partial charge in [0.05, 0.1) is 16.7 Å². The summed E-state index contributed by atoms with van der Waals surface area (Å²) in [6.45, 7) is 0. The minimum Gasteiger partial charge on any atom is -0.453 e. The number of para-hydroxylation sites is 3. The lowest BCUT2D eigenvalue weighted by atomic mass is 9.96. The largest absolute Gasteiger partial charge is 0.453 e. The number of hydrogen-bond donors (Lipinski definition) is 0. The molecule has 0 bridgehead atoms. The van der Waals surface area contributed by atoms with Gasteiger partial charge in [-0.15, -0.1) is 0 Å². The van der Waals surface area contributed by atoms with Gasteiger partial charge in [-0.2, -0.15) is 0 Å². The minimum atomic E-state index is 0.852. The zero-order chi connectivity index (χ0) is 36.3. The molecule has 2 heterocycles. The van der Waals surface area contributed by atoms with Crippen molar-refractivity contribution in [2.75, 3.05) is 4.90 Å². The second-order valence-electron chi connectivity index (χ2n) is 14.1. The SMILES string of the molecule is c1ccc(-c2ccc(N(c3ccc(-n4c5ccccc5c5ccccc54)cc3)c3cccc4c3oc3c(-c5ccccc5)cc5ccccc5c34)cc2)cc1. The van der Waals surface area contributed by atoms with Crippen molar-refractivity contribution in [3.8, 4) is 27.9 Å². The van der Waals surface area contributed by atoms with Crippen molar-refractivity contribution in [1.29, 1.82) is 0 Å². The fourth-order valence-electron chi connectivity index (χ4n) is 8.45. The van der Waals surface area contributed by atoms with Crippen LogP contribution in [-0.4, -0.2) is 4.57 Å². The van der Waals surface area contributed by atoms with Gasteiger partial charge in [0.1, 0.15) is 5.58 Å². The third-order valence-corrected chi connectivity index (χ3v) is 11.0. The molecule has 11 rings (SSSR count). The van der Waals surface area contributed by atoms with Crippen molar-refractivity contribution in [3.63, 3.8) is 0 Å². The molecular formula is C52H34N2O. The summed E-state index contributed by atoms with van der Waals surface area (Å²) in [7, 11) is 0. The first-order chi connectivity index (χ1) is 27.3. The summed E-state index contributed by atoms with van der Waals surface area (Å²) in [6.07, 6.45) is 0. The molecule has 0 radical (unpaired) electrons. The Morgan fingerprint density at radius 3 is 1.58 bits per heavy atom. The van der Waals surface area contributed by atoms with Crippen LogP contribution in [0.2, 0.25) is 0 Å². The molecule has 0 amide bonds. The van der Waals surface area contributed by atoms with Gasteiger partial charge >= 0.3 is 0 Å². The van der Waals surface area contributed by atoms with E-state index in [2.05, 4.69) is 216 Å². The van der Waals surface area contributed by atoms with Crippen LogP contribution in [0.4, 0.5) is 17.1 Å². The summed E-state index contributed by atoms with van der Waals surface area (Å²) >= 11 is 0. The van der Waals surface area contributed by atoms with Crippen molar-refractivity contribution in [2.45, 2.75) is 0 Å². The fourth-order valence-corrected chi connectivity index (χ4v) is 8.45. The minimum absolute atomic E-state index is 0.852. The molecule has 9 aromatic carbocycles. The van der Waals surface area contributed by atoms with E-state index in [9.17, 15) is 0 Å². The molecule has 0 aliphatic rings. The standard InChI is InChI=1S/C52H34N2O/c1-3-14-35(15-4-1)36-26-28-39(29-27-36)53(40-30-32-41(33-31-40)54-47-23-11-9-20-43(47)44-21-10-12-24-48(44)54)49-25-13-22-45-50-42-19-8-7-18-38(42)34-46(52(50)55-51(45)49)37-16-5-2-6-17-37/h1-34H. The summed E-state index contributed by atoms with van der Waals surface area (Å²) in [5, 5.41) is 7.10. The molecule has 0 saturated carbocycles. The molecule has 0 fully saturated rings. The quantitative estimate of drug-likeness (QED) is 0.172. The molecule has 0 atom stereocenters. The van der Waals surface area contributed by atoms with Crippen LogP contribution < -0.4 is 4.90 Å². The molecule has 0 aliphatic carbocycles. The van der Waals surface area contributed by atoms with Gasteiger partial charge in [-0.25, -0.2) is 0 Å². The Kier molecular flexibility index (Phi) is 7.17. The van der Waals surface area contributed by atoms with Crippen LogP contribution in [0.25, 0.3) is 82.5 Å². The van der Waals surface area contributed by atoms with Crippen LogP contribution in [0.3, 0.4) is 0 Å². The highest BCUT2D eigenvalue weighted by molar-refractivity contribution is 6.24. The summed E-state index contributed by atoms with van der Waals surface area (Å²) in [5.41, 5.74) is 12.9. The Bertz CT molecular complexity index is 3120. The summed E-state index contributed by atoms with van der Waals surface area (Å²) in [4.78, 5) is 2.33. The molecule has 0 saturated heterocycles. The number of hydrogen-bond acceptors (Lipinski definition) is 2. The van der Waals surface area contributed by atoms with E-state index in [-0.39, 0.29) is 0 Å². The van der Waals surface area contributed by atoms with E-state index in [0.717, 1.165) is 55.8 Å². The van der Waals surface area contributed by atoms with Crippen LogP contribution in [0, 0.1) is 0 Å². The maximum atomic E-state index is 7.13. The van der Waals surface area contributed by atoms with Crippen LogP contribution in [0.15, 0.2) is 211 Å². The molecule has 11 aromatic rings. The molecule has 258 valence electrons. The molecule has 0 unspecified atom stereocenters. The molecule has 0 aliphatic heterocycles. The smallest absolute Gasteiger partial charge is 0.159 e. The van der Waals surface area contributed by atoms with E-state index in [1.165, 1.54) is 43.7 Å². The van der Waals surface area contributed by atoms with Crippen LogP contribution >= 0.6 is 0 Å². The highest BCUT2D eigenvalue weighted by atomic mass is 16.3. The van der Waals surface area contributed by atoms with Gasteiger partial charge in [0, 0.05) is 44.2 Å². The first-order valence-electron chi connectivity index (χ1n) is 18.8. The zero-order valence-corrected chi connectivity index (χ0v) is 29.9. The number of fused-ring (bicyclic) bond motifs is 8. The predicted octanol–water partition coefficient (Wildman–Crippen LogP) is 14.6. The molecule has 55 heavy (non-hydrogen) atoms. The van der Waals surface area contributed by atoms with Crippen molar-refractivity contribution in [2.24, 2.45) is 0 Å². The molecule has 0 spiro atoms. The van der Waals surface area contributed by atoms with Crippen molar-refractivity contribution in [1.82, 2.24) is 4.57 Å². The fraction of sp³-hybridized carbons (Fsp3) is 0. The molecule has 2 aromatic heterocycles. The maximum absolute atomic E-state index is 7.13. The van der Waals surface area contributed by atoms with Gasteiger partial charge in [0.2, 0.25) is 0 Å². The van der Waals surface area contributed by atoms with Crippen molar-refractivity contribution < 1.29 is 4.42 Å². The van der Waals surface area contributed by atoms with Gasteiger partial charge < -0.3 is 13.9 Å². The average molecular weight is 703 g/mol. The lowest BCUT2D eigenvalue weighted by Crippen LogP contribution is -2.10. The Labute approximate surface area is 318 Å². The first kappa shape index (κ1) is 31.2. The first-order valence-corrected chi connectivity index (χ1v) is 18.8. The van der Waals surface area contributed by atoms with E-state index in [1.807, 2.05) is 0 Å².